The van der Waals surface area contributed by atoms with Gasteiger partial charge in [-0.15, -0.1) is 0 Å². The summed E-state index contributed by atoms with van der Waals surface area (Å²) in [5, 5.41) is 3.07. The third-order valence-corrected chi connectivity index (χ3v) is 5.34. The fourth-order valence-electron chi connectivity index (χ4n) is 3.43. The van der Waals surface area contributed by atoms with Crippen molar-refractivity contribution < 1.29 is 14.3 Å². The molecule has 1 saturated heterocycles. The highest BCUT2D eigenvalue weighted by molar-refractivity contribution is 5.81. The van der Waals surface area contributed by atoms with Crippen molar-refractivity contribution in [2.75, 3.05) is 33.3 Å². The summed E-state index contributed by atoms with van der Waals surface area (Å²) < 4.78 is 5.77. The fourth-order valence-corrected chi connectivity index (χ4v) is 3.43. The maximum atomic E-state index is 12.4. The first-order valence-electron chi connectivity index (χ1n) is 10.1. The molecule has 1 heterocycles. The lowest BCUT2D eigenvalue weighted by atomic mass is 10.1. The Morgan fingerprint density at radius 3 is 2.85 bits per heavy atom. The molecule has 1 aliphatic carbocycles. The van der Waals surface area contributed by atoms with Crippen LogP contribution in [0.1, 0.15) is 38.2 Å². The number of likely N-dealkylation sites (N-methyl/N-ethyl adjacent to an activating group) is 1. The number of hydrogen-bond acceptors (Lipinski definition) is 3. The van der Waals surface area contributed by atoms with Gasteiger partial charge in [0.15, 0.2) is 0 Å². The van der Waals surface area contributed by atoms with E-state index in [1.165, 1.54) is 5.56 Å². The van der Waals surface area contributed by atoms with Crippen molar-refractivity contribution in [2.24, 2.45) is 5.92 Å². The maximum Gasteiger partial charge on any atom is 0.317 e. The van der Waals surface area contributed by atoms with Gasteiger partial charge in [0.25, 0.3) is 0 Å². The van der Waals surface area contributed by atoms with Gasteiger partial charge in [-0.3, -0.25) is 4.79 Å². The fraction of sp³-hybridized carbons (Fsp3) is 0.619. The Morgan fingerprint density at radius 1 is 1.30 bits per heavy atom. The van der Waals surface area contributed by atoms with Crippen LogP contribution in [0, 0.1) is 5.92 Å². The number of likely N-dealkylation sites (tertiary alicyclic amines) is 1. The molecule has 0 bridgehead atoms. The van der Waals surface area contributed by atoms with E-state index >= 15 is 0 Å². The monoisotopic (exact) mass is 373 g/mol. The largest absolute Gasteiger partial charge is 0.492 e. The summed E-state index contributed by atoms with van der Waals surface area (Å²) in [5.41, 5.74) is 1.24. The first-order valence-corrected chi connectivity index (χ1v) is 10.1. The van der Waals surface area contributed by atoms with Crippen LogP contribution in [0.5, 0.6) is 5.75 Å². The van der Waals surface area contributed by atoms with Gasteiger partial charge in [0, 0.05) is 32.1 Å². The summed E-state index contributed by atoms with van der Waals surface area (Å²) in [7, 11) is 1.77. The van der Waals surface area contributed by atoms with Crippen LogP contribution in [0.3, 0.4) is 0 Å². The lowest BCUT2D eigenvalue weighted by Crippen LogP contribution is -2.52. The van der Waals surface area contributed by atoms with Gasteiger partial charge in [-0.2, -0.15) is 0 Å². The number of ether oxygens (including phenoxy) is 1. The minimum absolute atomic E-state index is 0.0403. The molecular weight excluding hydrogens is 342 g/mol. The van der Waals surface area contributed by atoms with Crippen LogP contribution in [0.2, 0.25) is 0 Å². The van der Waals surface area contributed by atoms with E-state index in [2.05, 4.69) is 18.3 Å². The Balaban J connectivity index is 1.39. The molecule has 1 aliphatic heterocycles. The van der Waals surface area contributed by atoms with Gasteiger partial charge in [0.2, 0.25) is 5.91 Å². The van der Waals surface area contributed by atoms with Gasteiger partial charge in [-0.1, -0.05) is 19.1 Å². The van der Waals surface area contributed by atoms with Crippen LogP contribution in [0.15, 0.2) is 24.3 Å². The van der Waals surface area contributed by atoms with E-state index < -0.39 is 0 Å². The number of carbonyl (C=O) groups excluding carboxylic acids is 2. The molecule has 0 radical (unpaired) electrons. The molecule has 6 nitrogen and oxygen atoms in total. The Morgan fingerprint density at radius 2 is 2.11 bits per heavy atom. The second-order valence-electron chi connectivity index (χ2n) is 7.62. The number of nitrogens with zero attached hydrogens (tertiary/aromatic N) is 2. The molecule has 0 spiro atoms. The smallest absolute Gasteiger partial charge is 0.317 e. The van der Waals surface area contributed by atoms with Gasteiger partial charge in [-0.05, 0) is 49.8 Å². The Hall–Kier alpha value is -2.24. The van der Waals surface area contributed by atoms with Crippen molar-refractivity contribution in [3.63, 3.8) is 0 Å². The van der Waals surface area contributed by atoms with E-state index in [4.69, 9.17) is 4.74 Å². The zero-order valence-corrected chi connectivity index (χ0v) is 16.4. The molecule has 0 unspecified atom stereocenters. The number of hydrogen-bond donors (Lipinski definition) is 1. The molecule has 0 aromatic heterocycles. The van der Waals surface area contributed by atoms with Crippen molar-refractivity contribution in [2.45, 2.75) is 45.1 Å². The average molecular weight is 373 g/mol. The number of amides is 3. The topological polar surface area (TPSA) is 61.9 Å². The molecule has 1 aromatic rings. The third-order valence-electron chi connectivity index (χ3n) is 5.34. The highest BCUT2D eigenvalue weighted by Crippen LogP contribution is 2.31. The minimum atomic E-state index is -0.105. The molecular formula is C21H31N3O3. The van der Waals surface area contributed by atoms with E-state index in [9.17, 15) is 9.59 Å². The third kappa shape index (κ3) is 5.62. The lowest BCUT2D eigenvalue weighted by Gasteiger charge is -2.34. The van der Waals surface area contributed by atoms with E-state index in [1.807, 2.05) is 23.1 Å². The van der Waals surface area contributed by atoms with Gasteiger partial charge in [-0.25, -0.2) is 4.79 Å². The van der Waals surface area contributed by atoms with Crippen LogP contribution in [-0.4, -0.2) is 61.1 Å². The molecule has 3 rings (SSSR count). The second-order valence-corrected chi connectivity index (χ2v) is 7.62. The van der Waals surface area contributed by atoms with Gasteiger partial charge in [0.05, 0.1) is 6.54 Å². The summed E-state index contributed by atoms with van der Waals surface area (Å²) in [6.07, 6.45) is 4.89. The summed E-state index contributed by atoms with van der Waals surface area (Å²) in [4.78, 5) is 28.2. The van der Waals surface area contributed by atoms with Crippen LogP contribution in [0.25, 0.3) is 0 Å². The van der Waals surface area contributed by atoms with Gasteiger partial charge >= 0.3 is 6.03 Å². The minimum Gasteiger partial charge on any atom is -0.492 e. The van der Waals surface area contributed by atoms with Crippen LogP contribution < -0.4 is 10.1 Å². The molecule has 1 N–H and O–H groups in total. The molecule has 1 saturated carbocycles. The molecule has 2 aliphatic rings. The highest BCUT2D eigenvalue weighted by atomic mass is 16.5. The van der Waals surface area contributed by atoms with E-state index in [1.54, 1.807) is 11.9 Å². The highest BCUT2D eigenvalue weighted by Gasteiger charge is 2.35. The summed E-state index contributed by atoms with van der Waals surface area (Å²) >= 11 is 0. The van der Waals surface area contributed by atoms with Crippen molar-refractivity contribution in [1.29, 1.82) is 0 Å². The Bertz CT molecular complexity index is 660. The average Bonchev–Trinajstić information content (AvgIpc) is 3.53. The molecule has 1 aromatic carbocycles. The lowest BCUT2D eigenvalue weighted by molar-refractivity contribution is -0.133. The molecule has 148 valence electrons. The first kappa shape index (κ1) is 19.5. The normalized spacial score (nSPS) is 19.5. The molecule has 27 heavy (non-hydrogen) atoms. The Kier molecular flexibility index (Phi) is 6.58. The van der Waals surface area contributed by atoms with Gasteiger partial charge in [0.1, 0.15) is 12.4 Å². The predicted octanol–water partition coefficient (Wildman–Crippen LogP) is 2.67. The molecule has 2 fully saturated rings. The standard InChI is InChI=1S/C21H31N3O3/c1-3-16-6-4-8-19(14-16)27-13-12-23(2)21(26)22-18-7-5-11-24(15-18)20(25)17-9-10-17/h4,6,8,14,17-18H,3,5,7,9-13,15H2,1-2H3,(H,22,26)/t18-/m0/s1. The number of urea groups is 1. The van der Waals surface area contributed by atoms with Gasteiger partial charge < -0.3 is 19.9 Å². The summed E-state index contributed by atoms with van der Waals surface area (Å²) in [5.74, 6) is 1.35. The zero-order valence-electron chi connectivity index (χ0n) is 16.4. The first-order chi connectivity index (χ1) is 13.1. The Labute approximate surface area is 161 Å². The quantitative estimate of drug-likeness (QED) is 0.799. The molecule has 1 atom stereocenters. The van der Waals surface area contributed by atoms with E-state index in [0.717, 1.165) is 44.4 Å². The van der Waals surface area contributed by atoms with Crippen LogP contribution >= 0.6 is 0 Å². The number of rotatable bonds is 7. The molecule has 3 amide bonds. The molecule has 6 heteroatoms. The zero-order chi connectivity index (χ0) is 19.2. The summed E-state index contributed by atoms with van der Waals surface area (Å²) in [6.45, 7) is 4.53. The SMILES string of the molecule is CCc1cccc(OCCN(C)C(=O)N[C@H]2CCCN(C(=O)C3CC3)C2)c1. The number of piperidine rings is 1. The number of benzene rings is 1. The predicted molar refractivity (Wildman–Crippen MR) is 105 cm³/mol. The van der Waals surface area contributed by atoms with Crippen molar-refractivity contribution in [3.8, 4) is 5.75 Å². The number of nitrogens with one attached hydrogen (secondary N) is 1. The number of carbonyl (C=O) groups is 2. The van der Waals surface area contributed by atoms with Crippen LogP contribution in [-0.2, 0) is 11.2 Å². The van der Waals surface area contributed by atoms with Crippen molar-refractivity contribution in [1.82, 2.24) is 15.1 Å². The van der Waals surface area contributed by atoms with Crippen molar-refractivity contribution >= 4 is 11.9 Å². The van der Waals surface area contributed by atoms with Crippen LogP contribution in [0.4, 0.5) is 4.79 Å². The maximum absolute atomic E-state index is 12.4. The van der Waals surface area contributed by atoms with Crippen molar-refractivity contribution in [3.05, 3.63) is 29.8 Å². The number of aryl methyl sites for hydroxylation is 1. The van der Waals surface area contributed by atoms with E-state index in [-0.39, 0.29) is 23.9 Å². The second kappa shape index (κ2) is 9.11. The van der Waals surface area contributed by atoms with E-state index in [0.29, 0.717) is 19.7 Å². The summed E-state index contributed by atoms with van der Waals surface area (Å²) in [6, 6.07) is 7.97.